The Kier molecular flexibility index (Phi) is 5.37. The molecule has 1 aromatic carbocycles. The van der Waals surface area contributed by atoms with Gasteiger partial charge in [-0.1, -0.05) is 29.8 Å². The van der Waals surface area contributed by atoms with Crippen LogP contribution in [0.15, 0.2) is 24.3 Å². The zero-order valence-electron chi connectivity index (χ0n) is 12.5. The number of likely N-dealkylation sites (tertiary alicyclic amines) is 1. The highest BCUT2D eigenvalue weighted by Gasteiger charge is 2.22. The number of hydrogen-bond donors (Lipinski definition) is 1. The molecule has 0 unspecified atom stereocenters. The van der Waals surface area contributed by atoms with Crippen LogP contribution in [0.1, 0.15) is 36.8 Å². The Bertz CT molecular complexity index is 513. The lowest BCUT2D eigenvalue weighted by molar-refractivity contribution is -0.138. The Hall–Kier alpha value is -1.84. The molecule has 1 N–H and O–H groups in total. The van der Waals surface area contributed by atoms with Crippen LogP contribution in [0.3, 0.4) is 0 Å². The number of carbonyl (C=O) groups excluding carboxylic acids is 1. The summed E-state index contributed by atoms with van der Waals surface area (Å²) < 4.78 is 0. The van der Waals surface area contributed by atoms with E-state index in [1.807, 2.05) is 36.1 Å². The van der Waals surface area contributed by atoms with Gasteiger partial charge in [0.05, 0.1) is 6.42 Å². The molecule has 0 aromatic heterocycles. The fraction of sp³-hybridized carbons (Fsp3) is 0.529. The summed E-state index contributed by atoms with van der Waals surface area (Å²) in [6, 6.07) is 8.03. The summed E-state index contributed by atoms with van der Waals surface area (Å²) in [7, 11) is 0. The SMILES string of the molecule is Cc1cccc(CC(=O)N2CCC[C@@H](CC(=O)O)CC2)c1. The molecular weight excluding hydrogens is 266 g/mol. The van der Waals surface area contributed by atoms with Crippen molar-refractivity contribution < 1.29 is 14.7 Å². The summed E-state index contributed by atoms with van der Waals surface area (Å²) in [5.41, 5.74) is 2.21. The minimum absolute atomic E-state index is 0.150. The van der Waals surface area contributed by atoms with E-state index in [1.54, 1.807) is 0 Å². The van der Waals surface area contributed by atoms with Crippen LogP contribution in [0, 0.1) is 12.8 Å². The van der Waals surface area contributed by atoms with Gasteiger partial charge in [-0.2, -0.15) is 0 Å². The molecule has 0 spiro atoms. The predicted octanol–water partition coefficient (Wildman–Crippen LogP) is 2.64. The lowest BCUT2D eigenvalue weighted by Crippen LogP contribution is -2.33. The zero-order chi connectivity index (χ0) is 15.2. The molecule has 1 fully saturated rings. The molecule has 0 radical (unpaired) electrons. The predicted molar refractivity (Wildman–Crippen MR) is 81.1 cm³/mol. The van der Waals surface area contributed by atoms with Gasteiger partial charge in [0.25, 0.3) is 0 Å². The highest BCUT2D eigenvalue weighted by Crippen LogP contribution is 2.21. The van der Waals surface area contributed by atoms with Crippen LogP contribution in [-0.4, -0.2) is 35.0 Å². The highest BCUT2D eigenvalue weighted by atomic mass is 16.4. The fourth-order valence-corrected chi connectivity index (χ4v) is 2.97. The summed E-state index contributed by atoms with van der Waals surface area (Å²) in [5.74, 6) is -0.379. The second kappa shape index (κ2) is 7.25. The lowest BCUT2D eigenvalue weighted by Gasteiger charge is -2.20. The lowest BCUT2D eigenvalue weighted by atomic mass is 9.97. The molecule has 4 heteroatoms. The number of hydrogen-bond acceptors (Lipinski definition) is 2. The zero-order valence-corrected chi connectivity index (χ0v) is 12.5. The van der Waals surface area contributed by atoms with Crippen molar-refractivity contribution in [3.05, 3.63) is 35.4 Å². The van der Waals surface area contributed by atoms with Crippen LogP contribution in [0.25, 0.3) is 0 Å². The van der Waals surface area contributed by atoms with Gasteiger partial charge in [0.2, 0.25) is 5.91 Å². The van der Waals surface area contributed by atoms with E-state index < -0.39 is 5.97 Å². The van der Waals surface area contributed by atoms with Crippen LogP contribution >= 0.6 is 0 Å². The molecule has 1 amide bonds. The average molecular weight is 289 g/mol. The molecule has 1 atom stereocenters. The van der Waals surface area contributed by atoms with E-state index in [4.69, 9.17) is 5.11 Å². The van der Waals surface area contributed by atoms with E-state index >= 15 is 0 Å². The molecule has 1 heterocycles. The first-order valence-electron chi connectivity index (χ1n) is 7.59. The van der Waals surface area contributed by atoms with Gasteiger partial charge in [-0.25, -0.2) is 0 Å². The van der Waals surface area contributed by atoms with Gasteiger partial charge in [-0.3, -0.25) is 9.59 Å². The standard InChI is InChI=1S/C17H23NO3/c1-13-4-2-5-15(10-13)11-16(19)18-8-3-6-14(7-9-18)12-17(20)21/h2,4-5,10,14H,3,6-9,11-12H2,1H3,(H,20,21)/t14-/m1/s1. The number of benzene rings is 1. The van der Waals surface area contributed by atoms with Crippen LogP contribution in [-0.2, 0) is 16.0 Å². The monoisotopic (exact) mass is 289 g/mol. The van der Waals surface area contributed by atoms with Gasteiger partial charge >= 0.3 is 5.97 Å². The Morgan fingerprint density at radius 3 is 2.81 bits per heavy atom. The third-order valence-corrected chi connectivity index (χ3v) is 4.10. The summed E-state index contributed by atoms with van der Waals surface area (Å²) in [6.45, 7) is 3.46. The molecule has 1 saturated heterocycles. The fourth-order valence-electron chi connectivity index (χ4n) is 2.97. The summed E-state index contributed by atoms with van der Waals surface area (Å²) in [5, 5.41) is 8.87. The molecule has 0 bridgehead atoms. The van der Waals surface area contributed by atoms with Gasteiger partial charge in [-0.05, 0) is 37.7 Å². The van der Waals surface area contributed by atoms with Crippen LogP contribution in [0.4, 0.5) is 0 Å². The largest absolute Gasteiger partial charge is 0.481 e. The van der Waals surface area contributed by atoms with Crippen molar-refractivity contribution in [1.29, 1.82) is 0 Å². The number of carboxylic acids is 1. The van der Waals surface area contributed by atoms with E-state index in [0.29, 0.717) is 13.0 Å². The van der Waals surface area contributed by atoms with Crippen molar-refractivity contribution in [2.75, 3.05) is 13.1 Å². The van der Waals surface area contributed by atoms with Gasteiger partial charge < -0.3 is 10.0 Å². The molecule has 114 valence electrons. The number of aryl methyl sites for hydroxylation is 1. The van der Waals surface area contributed by atoms with E-state index in [0.717, 1.165) is 36.9 Å². The van der Waals surface area contributed by atoms with Crippen molar-refractivity contribution in [1.82, 2.24) is 4.90 Å². The summed E-state index contributed by atoms with van der Waals surface area (Å²) in [6.07, 6.45) is 3.26. The molecule has 4 nitrogen and oxygen atoms in total. The van der Waals surface area contributed by atoms with Gasteiger partial charge in [0.1, 0.15) is 0 Å². The average Bonchev–Trinajstić information content (AvgIpc) is 2.63. The van der Waals surface area contributed by atoms with Gasteiger partial charge in [-0.15, -0.1) is 0 Å². The second-order valence-electron chi connectivity index (χ2n) is 5.94. The molecule has 21 heavy (non-hydrogen) atoms. The van der Waals surface area contributed by atoms with Gasteiger partial charge in [0, 0.05) is 19.5 Å². The van der Waals surface area contributed by atoms with Crippen molar-refractivity contribution in [2.45, 2.75) is 39.0 Å². The summed E-state index contributed by atoms with van der Waals surface area (Å²) >= 11 is 0. The van der Waals surface area contributed by atoms with Gasteiger partial charge in [0.15, 0.2) is 0 Å². The molecule has 1 aliphatic heterocycles. The number of carboxylic acid groups (broad SMARTS) is 1. The Morgan fingerprint density at radius 2 is 2.10 bits per heavy atom. The van der Waals surface area contributed by atoms with Crippen molar-refractivity contribution in [3.63, 3.8) is 0 Å². The third kappa shape index (κ3) is 4.88. The van der Waals surface area contributed by atoms with E-state index in [-0.39, 0.29) is 18.2 Å². The maximum Gasteiger partial charge on any atom is 0.303 e. The van der Waals surface area contributed by atoms with E-state index in [1.165, 1.54) is 0 Å². The Balaban J connectivity index is 1.89. The molecule has 1 aliphatic rings. The molecule has 0 aliphatic carbocycles. The number of nitrogens with zero attached hydrogens (tertiary/aromatic N) is 1. The van der Waals surface area contributed by atoms with Crippen LogP contribution < -0.4 is 0 Å². The number of carbonyl (C=O) groups is 2. The summed E-state index contributed by atoms with van der Waals surface area (Å²) in [4.78, 5) is 25.1. The maximum atomic E-state index is 12.4. The number of amides is 1. The van der Waals surface area contributed by atoms with E-state index in [9.17, 15) is 9.59 Å². The minimum Gasteiger partial charge on any atom is -0.481 e. The topological polar surface area (TPSA) is 57.6 Å². The minimum atomic E-state index is -0.737. The van der Waals surface area contributed by atoms with Crippen LogP contribution in [0.2, 0.25) is 0 Å². The molecule has 0 saturated carbocycles. The van der Waals surface area contributed by atoms with Crippen LogP contribution in [0.5, 0.6) is 0 Å². The highest BCUT2D eigenvalue weighted by molar-refractivity contribution is 5.78. The molecule has 2 rings (SSSR count). The number of rotatable bonds is 4. The van der Waals surface area contributed by atoms with Crippen molar-refractivity contribution in [2.24, 2.45) is 5.92 Å². The Morgan fingerprint density at radius 1 is 1.29 bits per heavy atom. The quantitative estimate of drug-likeness (QED) is 0.927. The first-order valence-corrected chi connectivity index (χ1v) is 7.59. The van der Waals surface area contributed by atoms with E-state index in [2.05, 4.69) is 0 Å². The Labute approximate surface area is 125 Å². The molecular formula is C17H23NO3. The third-order valence-electron chi connectivity index (χ3n) is 4.10. The van der Waals surface area contributed by atoms with Crippen molar-refractivity contribution in [3.8, 4) is 0 Å². The second-order valence-corrected chi connectivity index (χ2v) is 5.94. The van der Waals surface area contributed by atoms with Crippen molar-refractivity contribution >= 4 is 11.9 Å². The first-order chi connectivity index (χ1) is 10.0. The molecule has 1 aromatic rings. The first kappa shape index (κ1) is 15.5. The smallest absolute Gasteiger partial charge is 0.303 e. The number of aliphatic carboxylic acids is 1. The maximum absolute atomic E-state index is 12.4. The normalized spacial score (nSPS) is 19.1.